The molecule has 2 aromatic carbocycles. The highest BCUT2D eigenvalue weighted by Crippen LogP contribution is 2.46. The summed E-state index contributed by atoms with van der Waals surface area (Å²) in [5.41, 5.74) is 1.12. The van der Waals surface area contributed by atoms with Gasteiger partial charge in [-0.25, -0.2) is 0 Å². The Balaban J connectivity index is 1.22. The van der Waals surface area contributed by atoms with E-state index < -0.39 is 0 Å². The van der Waals surface area contributed by atoms with E-state index in [0.29, 0.717) is 24.3 Å². The highest BCUT2D eigenvalue weighted by atomic mass is 32.2. The average Bonchev–Trinajstić information content (AvgIpc) is 3.70. The molecule has 2 aliphatic rings. The molecule has 5 rings (SSSR count). The number of methoxy groups -OCH3 is 1. The third-order valence-corrected chi connectivity index (χ3v) is 6.76. The molecule has 30 heavy (non-hydrogen) atoms. The number of hydrogen-bond acceptors (Lipinski definition) is 5. The van der Waals surface area contributed by atoms with Crippen molar-refractivity contribution in [3.8, 4) is 5.75 Å². The Hall–Kier alpha value is -2.54. The summed E-state index contributed by atoms with van der Waals surface area (Å²) in [7, 11) is 3.54. The monoisotopic (exact) mass is 422 g/mol. The van der Waals surface area contributed by atoms with Gasteiger partial charge in [-0.05, 0) is 60.2 Å². The smallest absolute Gasteiger partial charge is 0.233 e. The number of hydrogen-bond donors (Lipinski definition) is 0. The summed E-state index contributed by atoms with van der Waals surface area (Å²) in [5.74, 6) is 3.06. The molecule has 1 heterocycles. The molecule has 0 bridgehead atoms. The van der Waals surface area contributed by atoms with Gasteiger partial charge in [-0.3, -0.25) is 4.79 Å². The average molecular weight is 423 g/mol. The first-order valence-electron chi connectivity index (χ1n) is 10.5. The number of rotatable bonds is 8. The van der Waals surface area contributed by atoms with Crippen LogP contribution in [0.1, 0.15) is 49.0 Å². The minimum absolute atomic E-state index is 0.105. The van der Waals surface area contributed by atoms with Crippen molar-refractivity contribution in [3.63, 3.8) is 0 Å². The molecular formula is C23H26N4O2S. The molecule has 2 fully saturated rings. The van der Waals surface area contributed by atoms with E-state index in [1.807, 2.05) is 19.2 Å². The van der Waals surface area contributed by atoms with E-state index in [0.717, 1.165) is 33.1 Å². The summed E-state index contributed by atoms with van der Waals surface area (Å²) in [4.78, 5) is 14.5. The molecule has 0 N–H and O–H groups in total. The van der Waals surface area contributed by atoms with Crippen LogP contribution in [0.2, 0.25) is 0 Å². The van der Waals surface area contributed by atoms with Gasteiger partial charge in [-0.1, -0.05) is 30.0 Å². The molecule has 0 aliphatic heterocycles. The second-order valence-electron chi connectivity index (χ2n) is 8.30. The topological polar surface area (TPSA) is 60.2 Å². The second kappa shape index (κ2) is 7.95. The molecular weight excluding hydrogens is 396 g/mol. The van der Waals surface area contributed by atoms with Crippen LogP contribution in [-0.4, -0.2) is 45.5 Å². The van der Waals surface area contributed by atoms with Crippen molar-refractivity contribution in [3.05, 3.63) is 47.8 Å². The fraction of sp³-hybridized carbons (Fsp3) is 0.435. The zero-order valence-corrected chi connectivity index (χ0v) is 18.2. The van der Waals surface area contributed by atoms with E-state index in [-0.39, 0.29) is 5.91 Å². The molecule has 1 aromatic heterocycles. The van der Waals surface area contributed by atoms with Crippen molar-refractivity contribution in [1.29, 1.82) is 0 Å². The maximum atomic E-state index is 12.7. The molecule has 2 saturated carbocycles. The van der Waals surface area contributed by atoms with Gasteiger partial charge in [0.2, 0.25) is 5.91 Å². The number of ether oxygens (including phenoxy) is 1. The number of nitrogens with zero attached hydrogens (tertiary/aromatic N) is 4. The van der Waals surface area contributed by atoms with Crippen molar-refractivity contribution >= 4 is 28.4 Å². The summed E-state index contributed by atoms with van der Waals surface area (Å²) in [5, 5.41) is 12.0. The summed E-state index contributed by atoms with van der Waals surface area (Å²) in [6.07, 6.45) is 4.84. The zero-order chi connectivity index (χ0) is 20.7. The predicted octanol–water partition coefficient (Wildman–Crippen LogP) is 4.40. The molecule has 6 nitrogen and oxygen atoms in total. The number of amides is 1. The first-order valence-corrected chi connectivity index (χ1v) is 11.5. The summed E-state index contributed by atoms with van der Waals surface area (Å²) >= 11 is 1.52. The molecule has 0 atom stereocenters. The normalized spacial score (nSPS) is 16.1. The molecule has 0 spiro atoms. The lowest BCUT2D eigenvalue weighted by atomic mass is 10.1. The lowest BCUT2D eigenvalue weighted by molar-refractivity contribution is -0.127. The molecule has 7 heteroatoms. The van der Waals surface area contributed by atoms with Crippen LogP contribution < -0.4 is 4.74 Å². The van der Waals surface area contributed by atoms with Gasteiger partial charge < -0.3 is 14.2 Å². The van der Waals surface area contributed by atoms with E-state index in [4.69, 9.17) is 4.74 Å². The van der Waals surface area contributed by atoms with Crippen LogP contribution in [0.3, 0.4) is 0 Å². The number of carbonyl (C=O) groups is 1. The minimum atomic E-state index is 0.105. The van der Waals surface area contributed by atoms with Crippen LogP contribution >= 0.6 is 11.8 Å². The van der Waals surface area contributed by atoms with Crippen LogP contribution in [0.5, 0.6) is 5.75 Å². The van der Waals surface area contributed by atoms with E-state index >= 15 is 0 Å². The highest BCUT2D eigenvalue weighted by molar-refractivity contribution is 7.99. The number of benzene rings is 2. The van der Waals surface area contributed by atoms with Gasteiger partial charge in [0.25, 0.3) is 0 Å². The second-order valence-corrected chi connectivity index (χ2v) is 9.24. The van der Waals surface area contributed by atoms with Crippen LogP contribution in [-0.2, 0) is 11.3 Å². The van der Waals surface area contributed by atoms with Crippen molar-refractivity contribution in [2.75, 3.05) is 19.9 Å². The lowest BCUT2D eigenvalue weighted by Gasteiger charge is -2.17. The Morgan fingerprint density at radius 2 is 1.90 bits per heavy atom. The van der Waals surface area contributed by atoms with Crippen molar-refractivity contribution in [1.82, 2.24) is 19.7 Å². The maximum Gasteiger partial charge on any atom is 0.233 e. The molecule has 0 radical (unpaired) electrons. The van der Waals surface area contributed by atoms with Crippen LogP contribution in [0.25, 0.3) is 10.8 Å². The Labute approximate surface area is 180 Å². The van der Waals surface area contributed by atoms with Crippen molar-refractivity contribution in [2.45, 2.75) is 49.3 Å². The molecule has 0 saturated heterocycles. The van der Waals surface area contributed by atoms with Gasteiger partial charge in [0.1, 0.15) is 11.6 Å². The van der Waals surface area contributed by atoms with E-state index in [2.05, 4.69) is 39.0 Å². The summed E-state index contributed by atoms with van der Waals surface area (Å²) in [6, 6.07) is 12.9. The van der Waals surface area contributed by atoms with Crippen LogP contribution in [0.4, 0.5) is 0 Å². The third-order valence-electron chi connectivity index (χ3n) is 5.83. The van der Waals surface area contributed by atoms with Gasteiger partial charge >= 0.3 is 0 Å². The van der Waals surface area contributed by atoms with Gasteiger partial charge in [0, 0.05) is 25.6 Å². The minimum Gasteiger partial charge on any atom is -0.497 e. The zero-order valence-electron chi connectivity index (χ0n) is 17.4. The fourth-order valence-electron chi connectivity index (χ4n) is 3.78. The van der Waals surface area contributed by atoms with Gasteiger partial charge in [0.15, 0.2) is 5.16 Å². The van der Waals surface area contributed by atoms with Gasteiger partial charge in [-0.2, -0.15) is 0 Å². The summed E-state index contributed by atoms with van der Waals surface area (Å²) < 4.78 is 7.59. The number of fused-ring (bicyclic) bond motifs is 1. The van der Waals surface area contributed by atoms with Crippen LogP contribution in [0.15, 0.2) is 41.6 Å². The SMILES string of the molecule is COc1ccc2cc(CN(C)C(=O)CSc3nnc(C4CC4)n3C3CC3)ccc2c1. The molecule has 1 amide bonds. The molecule has 3 aromatic rings. The lowest BCUT2D eigenvalue weighted by Crippen LogP contribution is -2.27. The molecule has 2 aliphatic carbocycles. The maximum absolute atomic E-state index is 12.7. The summed E-state index contributed by atoms with van der Waals surface area (Å²) in [6.45, 7) is 0.587. The first kappa shape index (κ1) is 19.4. The highest BCUT2D eigenvalue weighted by Gasteiger charge is 2.36. The molecule has 156 valence electrons. The van der Waals surface area contributed by atoms with Crippen molar-refractivity contribution in [2.24, 2.45) is 0 Å². The number of thioether (sulfide) groups is 1. The molecule has 0 unspecified atom stereocenters. The van der Waals surface area contributed by atoms with Crippen LogP contribution in [0, 0.1) is 0 Å². The Bertz CT molecular complexity index is 1090. The quantitative estimate of drug-likeness (QED) is 0.504. The largest absolute Gasteiger partial charge is 0.497 e. The van der Waals surface area contributed by atoms with Crippen molar-refractivity contribution < 1.29 is 9.53 Å². The standard InChI is InChI=1S/C23H26N4O2S/c1-26(13-15-3-4-18-12-20(29-2)10-7-17(18)11-15)21(28)14-30-23-25-24-22(16-5-6-16)27(23)19-8-9-19/h3-4,7,10-12,16,19H,5-6,8-9,13-14H2,1-2H3. The van der Waals surface area contributed by atoms with E-state index in [9.17, 15) is 4.79 Å². The predicted molar refractivity (Wildman–Crippen MR) is 118 cm³/mol. The Morgan fingerprint density at radius 1 is 1.13 bits per heavy atom. The number of carbonyl (C=O) groups excluding carboxylic acids is 1. The number of aromatic nitrogens is 3. The van der Waals surface area contributed by atoms with E-state index in [1.165, 1.54) is 37.4 Å². The van der Waals surface area contributed by atoms with Gasteiger partial charge in [0.05, 0.1) is 12.9 Å². The third kappa shape index (κ3) is 4.03. The van der Waals surface area contributed by atoms with Gasteiger partial charge in [-0.15, -0.1) is 10.2 Å². The fourth-order valence-corrected chi connectivity index (χ4v) is 4.73. The Kier molecular flexibility index (Phi) is 5.15. The Morgan fingerprint density at radius 3 is 2.63 bits per heavy atom. The first-order chi connectivity index (χ1) is 14.6. The van der Waals surface area contributed by atoms with E-state index in [1.54, 1.807) is 12.0 Å².